The maximum Gasteiger partial charge on any atom is 0.160 e. The first-order valence-electron chi connectivity index (χ1n) is 19.2. The second-order valence-electron chi connectivity index (χ2n) is 14.4. The Bertz CT molecular complexity index is 3260. The molecular weight excluding hydrogens is 695 g/mol. The Balaban J connectivity index is 1.02. The summed E-state index contributed by atoms with van der Waals surface area (Å²) in [5.41, 5.74) is 14.1. The van der Waals surface area contributed by atoms with Crippen LogP contribution in [0.5, 0.6) is 0 Å². The maximum atomic E-state index is 6.52. The molecule has 0 aliphatic carbocycles. The summed E-state index contributed by atoms with van der Waals surface area (Å²) in [5, 5.41) is 5.57. The highest BCUT2D eigenvalue weighted by molar-refractivity contribution is 6.28. The average molecular weight is 728 g/mol. The first kappa shape index (κ1) is 32.7. The van der Waals surface area contributed by atoms with Crippen molar-refractivity contribution in [1.29, 1.82) is 0 Å². The average Bonchev–Trinajstić information content (AvgIpc) is 3.68. The van der Waals surface area contributed by atoms with Crippen molar-refractivity contribution in [2.75, 3.05) is 0 Å². The number of pyridine rings is 1. The lowest BCUT2D eigenvalue weighted by atomic mass is 9.95. The molecule has 11 aromatic rings. The Morgan fingerprint density at radius 2 is 0.842 bits per heavy atom. The summed E-state index contributed by atoms with van der Waals surface area (Å²) in [6.45, 7) is 0. The van der Waals surface area contributed by atoms with Crippen molar-refractivity contribution < 1.29 is 4.42 Å². The van der Waals surface area contributed by atoms with Crippen LogP contribution in [0, 0.1) is 0 Å². The van der Waals surface area contributed by atoms with E-state index in [1.807, 2.05) is 30.3 Å². The van der Waals surface area contributed by atoms with Crippen molar-refractivity contribution in [2.45, 2.75) is 0 Å². The Kier molecular flexibility index (Phi) is 7.78. The van der Waals surface area contributed by atoms with Gasteiger partial charge in [0.2, 0.25) is 0 Å². The Morgan fingerprint density at radius 1 is 0.298 bits per heavy atom. The van der Waals surface area contributed by atoms with Crippen LogP contribution in [0.2, 0.25) is 0 Å². The zero-order valence-corrected chi connectivity index (χ0v) is 30.8. The van der Waals surface area contributed by atoms with Gasteiger partial charge in [-0.1, -0.05) is 158 Å². The molecule has 57 heavy (non-hydrogen) atoms. The highest BCUT2D eigenvalue weighted by atomic mass is 16.3. The predicted molar refractivity (Wildman–Crippen MR) is 235 cm³/mol. The number of para-hydroxylation sites is 1. The largest absolute Gasteiger partial charge is 0.456 e. The Hall–Kier alpha value is -7.69. The van der Waals surface area contributed by atoms with E-state index in [1.54, 1.807) is 0 Å². The van der Waals surface area contributed by atoms with Crippen LogP contribution in [0.15, 0.2) is 205 Å². The Labute approximate surface area is 329 Å². The summed E-state index contributed by atoms with van der Waals surface area (Å²) in [7, 11) is 0. The number of hydrogen-bond donors (Lipinski definition) is 0. The van der Waals surface area contributed by atoms with Crippen molar-refractivity contribution in [3.63, 3.8) is 0 Å². The molecule has 0 saturated carbocycles. The lowest BCUT2D eigenvalue weighted by Gasteiger charge is -2.11. The van der Waals surface area contributed by atoms with Gasteiger partial charge in [0, 0.05) is 49.2 Å². The molecule has 0 fully saturated rings. The Morgan fingerprint density at radius 3 is 1.60 bits per heavy atom. The molecule has 0 amide bonds. The number of fused-ring (bicyclic) bond motifs is 7. The molecule has 4 nitrogen and oxygen atoms in total. The minimum Gasteiger partial charge on any atom is -0.456 e. The topological polar surface area (TPSA) is 51.8 Å². The first-order valence-corrected chi connectivity index (χ1v) is 19.2. The number of rotatable bonds is 6. The second kappa shape index (κ2) is 13.6. The van der Waals surface area contributed by atoms with Crippen LogP contribution in [0.3, 0.4) is 0 Å². The fourth-order valence-electron chi connectivity index (χ4n) is 8.09. The SMILES string of the molecule is c1ccc(-c2cccc(-c3nc(-c4ccccc4)cc(-c4ccc(-c5ccc6oc7ccc8c(-c9ccccc9)nc9ccccc9c8c7c6c5)cc4)n3)c2)cc1. The molecule has 3 heterocycles. The molecule has 0 bridgehead atoms. The van der Waals surface area contributed by atoms with E-state index < -0.39 is 0 Å². The molecule has 0 aliphatic rings. The van der Waals surface area contributed by atoms with Gasteiger partial charge in [0.25, 0.3) is 0 Å². The molecule has 4 heteroatoms. The van der Waals surface area contributed by atoms with Gasteiger partial charge in [-0.2, -0.15) is 0 Å². The number of aromatic nitrogens is 3. The highest BCUT2D eigenvalue weighted by Gasteiger charge is 2.18. The number of hydrogen-bond acceptors (Lipinski definition) is 4. The van der Waals surface area contributed by atoms with E-state index >= 15 is 0 Å². The summed E-state index contributed by atoms with van der Waals surface area (Å²) >= 11 is 0. The predicted octanol–water partition coefficient (Wildman–Crippen LogP) is 14.1. The van der Waals surface area contributed by atoms with Gasteiger partial charge < -0.3 is 4.42 Å². The summed E-state index contributed by atoms with van der Waals surface area (Å²) in [5.74, 6) is 0.691. The molecule has 0 atom stereocenters. The third kappa shape index (κ3) is 5.83. The van der Waals surface area contributed by atoms with Crippen LogP contribution in [-0.4, -0.2) is 15.0 Å². The van der Waals surface area contributed by atoms with E-state index in [2.05, 4.69) is 170 Å². The molecule has 0 N–H and O–H groups in total. The van der Waals surface area contributed by atoms with E-state index in [4.69, 9.17) is 19.4 Å². The molecular formula is C53H33N3O. The molecule has 0 spiro atoms. The molecule has 266 valence electrons. The third-order valence-corrected chi connectivity index (χ3v) is 10.9. The van der Waals surface area contributed by atoms with E-state index in [-0.39, 0.29) is 0 Å². The monoisotopic (exact) mass is 727 g/mol. The van der Waals surface area contributed by atoms with E-state index in [0.29, 0.717) is 5.82 Å². The molecule has 3 aromatic heterocycles. The molecule has 0 aliphatic heterocycles. The van der Waals surface area contributed by atoms with Gasteiger partial charge in [-0.15, -0.1) is 0 Å². The van der Waals surface area contributed by atoms with Crippen LogP contribution < -0.4 is 0 Å². The fraction of sp³-hybridized carbons (Fsp3) is 0. The van der Waals surface area contributed by atoms with Crippen LogP contribution in [0.4, 0.5) is 0 Å². The standard InChI is InChI=1S/C53H33N3O/c1-4-13-34(14-5-1)39-19-12-20-41(31-39)53-55-46(36-15-6-2-7-16-36)33-47(56-53)37-25-23-35(24-26-37)40-27-29-48-44(32-40)51-49(57-48)30-28-43-50(51)42-21-10-11-22-45(42)54-52(43)38-17-8-3-9-18-38/h1-33H. The normalized spacial score (nSPS) is 11.5. The van der Waals surface area contributed by atoms with Gasteiger partial charge >= 0.3 is 0 Å². The van der Waals surface area contributed by atoms with Crippen molar-refractivity contribution >= 4 is 43.6 Å². The minimum absolute atomic E-state index is 0.691. The number of furan rings is 1. The molecule has 11 rings (SSSR count). The van der Waals surface area contributed by atoms with Crippen molar-refractivity contribution in [2.24, 2.45) is 0 Å². The van der Waals surface area contributed by atoms with Gasteiger partial charge in [-0.05, 0) is 64.7 Å². The van der Waals surface area contributed by atoms with Crippen molar-refractivity contribution in [3.8, 4) is 67.4 Å². The fourth-order valence-corrected chi connectivity index (χ4v) is 8.09. The zero-order chi connectivity index (χ0) is 37.7. The van der Waals surface area contributed by atoms with E-state index in [9.17, 15) is 0 Å². The van der Waals surface area contributed by atoms with Gasteiger partial charge in [0.05, 0.1) is 22.6 Å². The lowest BCUT2D eigenvalue weighted by molar-refractivity contribution is 0.669. The molecule has 0 unspecified atom stereocenters. The summed E-state index contributed by atoms with van der Waals surface area (Å²) in [6, 6.07) is 69.6. The molecule has 0 saturated heterocycles. The summed E-state index contributed by atoms with van der Waals surface area (Å²) in [4.78, 5) is 15.4. The van der Waals surface area contributed by atoms with Crippen LogP contribution in [0.1, 0.15) is 0 Å². The zero-order valence-electron chi connectivity index (χ0n) is 30.8. The van der Waals surface area contributed by atoms with Gasteiger partial charge in [0.1, 0.15) is 11.2 Å². The molecule has 0 radical (unpaired) electrons. The van der Waals surface area contributed by atoms with Crippen molar-refractivity contribution in [1.82, 2.24) is 15.0 Å². The van der Waals surface area contributed by atoms with E-state index in [0.717, 1.165) is 105 Å². The maximum absolute atomic E-state index is 6.52. The lowest BCUT2D eigenvalue weighted by Crippen LogP contribution is -1.96. The van der Waals surface area contributed by atoms with Gasteiger partial charge in [-0.25, -0.2) is 15.0 Å². The van der Waals surface area contributed by atoms with Crippen LogP contribution in [0.25, 0.3) is 111 Å². The number of benzene rings is 8. The third-order valence-electron chi connectivity index (χ3n) is 10.9. The van der Waals surface area contributed by atoms with Crippen LogP contribution >= 0.6 is 0 Å². The summed E-state index contributed by atoms with van der Waals surface area (Å²) in [6.07, 6.45) is 0. The number of nitrogens with zero attached hydrogens (tertiary/aromatic N) is 3. The molecule has 8 aromatic carbocycles. The highest BCUT2D eigenvalue weighted by Crippen LogP contribution is 2.42. The second-order valence-corrected chi connectivity index (χ2v) is 14.4. The van der Waals surface area contributed by atoms with E-state index in [1.165, 1.54) is 0 Å². The quantitative estimate of drug-likeness (QED) is 0.160. The van der Waals surface area contributed by atoms with Gasteiger partial charge in [0.15, 0.2) is 5.82 Å². The first-order chi connectivity index (χ1) is 28.2. The smallest absolute Gasteiger partial charge is 0.160 e. The van der Waals surface area contributed by atoms with Crippen LogP contribution in [-0.2, 0) is 0 Å². The summed E-state index contributed by atoms with van der Waals surface area (Å²) < 4.78 is 6.52. The van der Waals surface area contributed by atoms with Crippen molar-refractivity contribution in [3.05, 3.63) is 200 Å². The minimum atomic E-state index is 0.691. The van der Waals surface area contributed by atoms with Gasteiger partial charge in [-0.3, -0.25) is 0 Å².